The number of nitrogens with one attached hydrogen (secondary N) is 2. The van der Waals surface area contributed by atoms with E-state index in [1.165, 1.54) is 22.2 Å². The molecule has 2 aromatic carbocycles. The summed E-state index contributed by atoms with van der Waals surface area (Å²) in [5, 5.41) is 4.54. The number of hydrogen-bond donors (Lipinski definition) is 2. The van der Waals surface area contributed by atoms with Gasteiger partial charge in [0.25, 0.3) is 0 Å². The van der Waals surface area contributed by atoms with Crippen molar-refractivity contribution in [3.8, 4) is 5.75 Å². The van der Waals surface area contributed by atoms with Crippen molar-refractivity contribution < 1.29 is 9.53 Å². The van der Waals surface area contributed by atoms with Gasteiger partial charge in [0.2, 0.25) is 5.91 Å². The van der Waals surface area contributed by atoms with Crippen LogP contribution in [0.4, 0.5) is 0 Å². The Balaban J connectivity index is 1.25. The molecular weight excluding hydrogens is 348 g/mol. The van der Waals surface area contributed by atoms with E-state index < -0.39 is 0 Å². The first kappa shape index (κ1) is 18.6. The molecule has 0 fully saturated rings. The zero-order chi connectivity index (χ0) is 19.5. The van der Waals surface area contributed by atoms with E-state index in [9.17, 15) is 4.79 Å². The summed E-state index contributed by atoms with van der Waals surface area (Å²) in [5.74, 6) is 1.07. The van der Waals surface area contributed by atoms with Crippen molar-refractivity contribution >= 4 is 16.8 Å². The minimum Gasteiger partial charge on any atom is -0.493 e. The number of carbonyl (C=O) groups excluding carboxylic acids is 1. The first-order valence-corrected chi connectivity index (χ1v) is 10.2. The largest absolute Gasteiger partial charge is 0.493 e. The van der Waals surface area contributed by atoms with Crippen LogP contribution >= 0.6 is 0 Å². The lowest BCUT2D eigenvalue weighted by Crippen LogP contribution is -2.38. The van der Waals surface area contributed by atoms with Gasteiger partial charge in [-0.25, -0.2) is 0 Å². The van der Waals surface area contributed by atoms with Crippen molar-refractivity contribution in [2.45, 2.75) is 52.0 Å². The molecule has 0 spiro atoms. The standard InChI is InChI=1S/C24H28N2O2/c1-16-7-5-8-17(2)24(16)28-14-6-11-23(27)25-18-12-13-20-19-9-3-4-10-21(19)26-22(20)15-18/h3-5,7-10,18,26H,6,11-15H2,1-2H3,(H,25,27). The van der Waals surface area contributed by atoms with Crippen LogP contribution in [0, 0.1) is 13.8 Å². The lowest BCUT2D eigenvalue weighted by molar-refractivity contribution is -0.122. The molecule has 1 aliphatic rings. The number of carbonyl (C=O) groups is 1. The Kier molecular flexibility index (Phi) is 5.38. The summed E-state index contributed by atoms with van der Waals surface area (Å²) in [6.45, 7) is 4.67. The Morgan fingerprint density at radius 2 is 1.93 bits per heavy atom. The van der Waals surface area contributed by atoms with Crippen LogP contribution < -0.4 is 10.1 Å². The molecule has 3 aromatic rings. The van der Waals surface area contributed by atoms with Crippen molar-refractivity contribution in [3.63, 3.8) is 0 Å². The third-order valence-corrected chi connectivity index (χ3v) is 5.66. The molecule has 1 atom stereocenters. The van der Waals surface area contributed by atoms with E-state index in [-0.39, 0.29) is 11.9 Å². The minimum atomic E-state index is 0.120. The summed E-state index contributed by atoms with van der Waals surface area (Å²) in [6, 6.07) is 14.8. The van der Waals surface area contributed by atoms with Crippen LogP contribution in [0.2, 0.25) is 0 Å². The average molecular weight is 377 g/mol. The zero-order valence-electron chi connectivity index (χ0n) is 16.7. The van der Waals surface area contributed by atoms with E-state index in [0.717, 1.165) is 42.6 Å². The van der Waals surface area contributed by atoms with Gasteiger partial charge in [0.15, 0.2) is 0 Å². The van der Waals surface area contributed by atoms with Gasteiger partial charge in [-0.1, -0.05) is 36.4 Å². The van der Waals surface area contributed by atoms with E-state index in [4.69, 9.17) is 4.74 Å². The van der Waals surface area contributed by atoms with Crippen LogP contribution in [0.1, 0.15) is 41.6 Å². The first-order chi connectivity index (χ1) is 13.6. The molecule has 0 aliphatic heterocycles. The highest BCUT2D eigenvalue weighted by Crippen LogP contribution is 2.29. The van der Waals surface area contributed by atoms with Gasteiger partial charge in [0.1, 0.15) is 5.75 Å². The summed E-state index contributed by atoms with van der Waals surface area (Å²) >= 11 is 0. The van der Waals surface area contributed by atoms with Crippen molar-refractivity contribution in [1.82, 2.24) is 10.3 Å². The van der Waals surface area contributed by atoms with Crippen LogP contribution in [-0.2, 0) is 17.6 Å². The number of aromatic amines is 1. The van der Waals surface area contributed by atoms with Gasteiger partial charge in [0, 0.05) is 35.5 Å². The topological polar surface area (TPSA) is 54.1 Å². The van der Waals surface area contributed by atoms with Crippen LogP contribution in [0.25, 0.3) is 10.9 Å². The first-order valence-electron chi connectivity index (χ1n) is 10.2. The Morgan fingerprint density at radius 3 is 2.75 bits per heavy atom. The number of para-hydroxylation sites is 2. The predicted octanol–water partition coefficient (Wildman–Crippen LogP) is 4.62. The molecule has 1 unspecified atom stereocenters. The molecule has 1 aliphatic carbocycles. The second kappa shape index (κ2) is 8.09. The lowest BCUT2D eigenvalue weighted by Gasteiger charge is -2.23. The Hall–Kier alpha value is -2.75. The highest BCUT2D eigenvalue weighted by molar-refractivity contribution is 5.85. The molecule has 2 N–H and O–H groups in total. The molecule has 1 aromatic heterocycles. The van der Waals surface area contributed by atoms with E-state index in [1.54, 1.807) is 0 Å². The fraction of sp³-hybridized carbons (Fsp3) is 0.375. The van der Waals surface area contributed by atoms with Crippen molar-refractivity contribution in [2.75, 3.05) is 6.61 Å². The average Bonchev–Trinajstić information content (AvgIpc) is 3.04. The molecule has 1 amide bonds. The lowest BCUT2D eigenvalue weighted by atomic mass is 9.91. The third-order valence-electron chi connectivity index (χ3n) is 5.66. The number of aryl methyl sites for hydroxylation is 3. The number of aromatic nitrogens is 1. The number of rotatable bonds is 6. The monoisotopic (exact) mass is 376 g/mol. The maximum Gasteiger partial charge on any atom is 0.220 e. The Bertz CT molecular complexity index is 969. The van der Waals surface area contributed by atoms with E-state index in [0.29, 0.717) is 13.0 Å². The smallest absolute Gasteiger partial charge is 0.220 e. The van der Waals surface area contributed by atoms with Crippen molar-refractivity contribution in [2.24, 2.45) is 0 Å². The van der Waals surface area contributed by atoms with Crippen LogP contribution in [0.15, 0.2) is 42.5 Å². The van der Waals surface area contributed by atoms with Gasteiger partial charge in [0.05, 0.1) is 6.61 Å². The number of H-pyrrole nitrogens is 1. The second-order valence-electron chi connectivity index (χ2n) is 7.81. The molecule has 4 nitrogen and oxygen atoms in total. The normalized spacial score (nSPS) is 16.0. The van der Waals surface area contributed by atoms with Crippen LogP contribution in [-0.4, -0.2) is 23.5 Å². The summed E-state index contributed by atoms with van der Waals surface area (Å²) in [4.78, 5) is 15.9. The molecule has 4 rings (SSSR count). The second-order valence-corrected chi connectivity index (χ2v) is 7.81. The van der Waals surface area contributed by atoms with Crippen LogP contribution in [0.3, 0.4) is 0 Å². The fourth-order valence-electron chi connectivity index (χ4n) is 4.24. The van der Waals surface area contributed by atoms with E-state index in [2.05, 4.69) is 60.5 Å². The van der Waals surface area contributed by atoms with Gasteiger partial charge in [-0.3, -0.25) is 4.79 Å². The van der Waals surface area contributed by atoms with Crippen molar-refractivity contribution in [1.29, 1.82) is 0 Å². The number of benzene rings is 2. The molecule has 0 saturated heterocycles. The van der Waals surface area contributed by atoms with Crippen LogP contribution in [0.5, 0.6) is 5.75 Å². The van der Waals surface area contributed by atoms with Crippen molar-refractivity contribution in [3.05, 3.63) is 64.8 Å². The summed E-state index contributed by atoms with van der Waals surface area (Å²) < 4.78 is 5.90. The third kappa shape index (κ3) is 3.91. The predicted molar refractivity (Wildman–Crippen MR) is 113 cm³/mol. The molecular formula is C24H28N2O2. The highest BCUT2D eigenvalue weighted by atomic mass is 16.5. The van der Waals surface area contributed by atoms with Gasteiger partial charge in [-0.05, 0) is 55.9 Å². The van der Waals surface area contributed by atoms with Gasteiger partial charge in [-0.2, -0.15) is 0 Å². The Labute approximate surface area is 166 Å². The minimum absolute atomic E-state index is 0.120. The molecule has 0 bridgehead atoms. The highest BCUT2D eigenvalue weighted by Gasteiger charge is 2.23. The number of ether oxygens (including phenoxy) is 1. The molecule has 28 heavy (non-hydrogen) atoms. The maximum atomic E-state index is 12.4. The Morgan fingerprint density at radius 1 is 1.14 bits per heavy atom. The van der Waals surface area contributed by atoms with Gasteiger partial charge < -0.3 is 15.0 Å². The van der Waals surface area contributed by atoms with E-state index in [1.807, 2.05) is 6.07 Å². The molecule has 0 saturated carbocycles. The summed E-state index contributed by atoms with van der Waals surface area (Å²) in [6.07, 6.45) is 4.12. The molecule has 4 heteroatoms. The quantitative estimate of drug-likeness (QED) is 0.617. The number of fused-ring (bicyclic) bond motifs is 3. The fourth-order valence-corrected chi connectivity index (χ4v) is 4.24. The number of amides is 1. The maximum absolute atomic E-state index is 12.4. The number of hydrogen-bond acceptors (Lipinski definition) is 2. The van der Waals surface area contributed by atoms with E-state index >= 15 is 0 Å². The molecule has 1 heterocycles. The van der Waals surface area contributed by atoms with Gasteiger partial charge in [-0.15, -0.1) is 0 Å². The summed E-state index contributed by atoms with van der Waals surface area (Å²) in [7, 11) is 0. The SMILES string of the molecule is Cc1cccc(C)c1OCCCC(=O)NC1CCc2c([nH]c3ccccc23)C1. The van der Waals surface area contributed by atoms with Gasteiger partial charge >= 0.3 is 0 Å². The molecule has 146 valence electrons. The zero-order valence-corrected chi connectivity index (χ0v) is 16.7. The summed E-state index contributed by atoms with van der Waals surface area (Å²) in [5.41, 5.74) is 6.17. The molecule has 0 radical (unpaired) electrons.